The van der Waals surface area contributed by atoms with Gasteiger partial charge in [0.15, 0.2) is 0 Å². The Morgan fingerprint density at radius 1 is 1.17 bits per heavy atom. The van der Waals surface area contributed by atoms with Gasteiger partial charge in [0.1, 0.15) is 0 Å². The van der Waals surface area contributed by atoms with Gasteiger partial charge in [0, 0.05) is 30.2 Å². The van der Waals surface area contributed by atoms with Crippen molar-refractivity contribution in [2.24, 2.45) is 0 Å². The minimum absolute atomic E-state index is 0.0110. The van der Waals surface area contributed by atoms with Crippen molar-refractivity contribution in [2.45, 2.75) is 37.6 Å². The summed E-state index contributed by atoms with van der Waals surface area (Å²) < 4.78 is 0. The number of amides is 2. The van der Waals surface area contributed by atoms with Crippen LogP contribution >= 0.6 is 0 Å². The van der Waals surface area contributed by atoms with Crippen LogP contribution in [0.15, 0.2) is 54.9 Å². The SMILES string of the molecule is CCC[C@@H]1N(C(=O)c2ccc3nccnc3c2)CC[C@]12C(=O)Nc1ccccc12. The summed E-state index contributed by atoms with van der Waals surface area (Å²) in [6, 6.07) is 13.1. The molecule has 0 saturated carbocycles. The first-order valence-corrected chi connectivity index (χ1v) is 10.1. The number of anilines is 1. The Labute approximate surface area is 169 Å². The second-order valence-corrected chi connectivity index (χ2v) is 7.78. The Morgan fingerprint density at radius 3 is 2.79 bits per heavy atom. The highest BCUT2D eigenvalue weighted by Crippen LogP contribution is 2.49. The van der Waals surface area contributed by atoms with Crippen LogP contribution in [-0.2, 0) is 10.2 Å². The molecule has 2 aromatic carbocycles. The number of para-hydroxylation sites is 1. The monoisotopic (exact) mass is 386 g/mol. The molecular formula is C23H22N4O2. The molecule has 2 aliphatic heterocycles. The number of carbonyl (C=O) groups excluding carboxylic acids is 2. The quantitative estimate of drug-likeness (QED) is 0.747. The Kier molecular flexibility index (Phi) is 4.08. The summed E-state index contributed by atoms with van der Waals surface area (Å²) in [5, 5.41) is 3.05. The molecule has 0 bridgehead atoms. The van der Waals surface area contributed by atoms with Crippen molar-refractivity contribution in [3.8, 4) is 0 Å². The largest absolute Gasteiger partial charge is 0.334 e. The summed E-state index contributed by atoms with van der Waals surface area (Å²) in [5.74, 6) is -0.0399. The summed E-state index contributed by atoms with van der Waals surface area (Å²) in [4.78, 5) is 37.1. The maximum absolute atomic E-state index is 13.5. The standard InChI is InChI=1S/C23H22N4O2/c1-2-5-20-23(16-6-3-4-7-17(16)26-22(23)29)10-13-27(20)21(28)15-8-9-18-19(14-15)25-12-11-24-18/h3-4,6-9,11-12,14,20H,2,5,10,13H2,1H3,(H,26,29)/t20-,23+/m0/s1. The fourth-order valence-electron chi connectivity index (χ4n) is 4.98. The fraction of sp³-hybridized carbons (Fsp3) is 0.304. The molecule has 2 amide bonds. The van der Waals surface area contributed by atoms with Crippen LogP contribution in [0.1, 0.15) is 42.1 Å². The van der Waals surface area contributed by atoms with Gasteiger partial charge in [-0.25, -0.2) is 0 Å². The van der Waals surface area contributed by atoms with E-state index in [1.807, 2.05) is 35.2 Å². The molecule has 1 saturated heterocycles. The molecule has 6 heteroatoms. The van der Waals surface area contributed by atoms with Crippen LogP contribution in [0.25, 0.3) is 11.0 Å². The van der Waals surface area contributed by atoms with Crippen molar-refractivity contribution < 1.29 is 9.59 Å². The van der Waals surface area contributed by atoms with Crippen molar-refractivity contribution >= 4 is 28.5 Å². The van der Waals surface area contributed by atoms with Crippen molar-refractivity contribution in [1.29, 1.82) is 0 Å². The molecule has 29 heavy (non-hydrogen) atoms. The lowest BCUT2D eigenvalue weighted by Gasteiger charge is -2.34. The Bertz CT molecular complexity index is 1130. The topological polar surface area (TPSA) is 75.2 Å². The van der Waals surface area contributed by atoms with Gasteiger partial charge in [-0.15, -0.1) is 0 Å². The summed E-state index contributed by atoms with van der Waals surface area (Å²) in [6.07, 6.45) is 5.58. The number of rotatable bonds is 3. The summed E-state index contributed by atoms with van der Waals surface area (Å²) in [5.41, 5.74) is 3.26. The van der Waals surface area contributed by atoms with E-state index in [1.54, 1.807) is 24.5 Å². The number of fused-ring (bicyclic) bond motifs is 3. The van der Waals surface area contributed by atoms with Gasteiger partial charge in [0.25, 0.3) is 5.91 Å². The Balaban J connectivity index is 1.55. The fourth-order valence-corrected chi connectivity index (χ4v) is 4.98. The highest BCUT2D eigenvalue weighted by molar-refractivity contribution is 6.08. The molecule has 1 fully saturated rings. The zero-order valence-corrected chi connectivity index (χ0v) is 16.3. The molecule has 0 aliphatic carbocycles. The number of likely N-dealkylation sites (tertiary alicyclic amines) is 1. The number of benzene rings is 2. The van der Waals surface area contributed by atoms with Crippen molar-refractivity contribution in [3.63, 3.8) is 0 Å². The minimum Gasteiger partial charge on any atom is -0.334 e. The number of aromatic nitrogens is 2. The molecule has 3 aromatic rings. The van der Waals surface area contributed by atoms with E-state index in [0.717, 1.165) is 29.6 Å². The smallest absolute Gasteiger partial charge is 0.254 e. The van der Waals surface area contributed by atoms with E-state index in [4.69, 9.17) is 0 Å². The predicted molar refractivity (Wildman–Crippen MR) is 111 cm³/mol. The number of hydrogen-bond acceptors (Lipinski definition) is 4. The van der Waals surface area contributed by atoms with Gasteiger partial charge >= 0.3 is 0 Å². The molecule has 2 aliphatic rings. The van der Waals surface area contributed by atoms with Crippen LogP contribution in [0.3, 0.4) is 0 Å². The van der Waals surface area contributed by atoms with E-state index < -0.39 is 5.41 Å². The maximum Gasteiger partial charge on any atom is 0.254 e. The second-order valence-electron chi connectivity index (χ2n) is 7.78. The molecular weight excluding hydrogens is 364 g/mol. The third kappa shape index (κ3) is 2.55. The lowest BCUT2D eigenvalue weighted by molar-refractivity contribution is -0.121. The zero-order chi connectivity index (χ0) is 20.0. The molecule has 1 aromatic heterocycles. The van der Waals surface area contributed by atoms with Crippen LogP contribution in [-0.4, -0.2) is 39.3 Å². The summed E-state index contributed by atoms with van der Waals surface area (Å²) >= 11 is 0. The molecule has 146 valence electrons. The molecule has 1 spiro atoms. The van der Waals surface area contributed by atoms with Crippen molar-refractivity contribution in [3.05, 3.63) is 66.0 Å². The molecule has 3 heterocycles. The summed E-state index contributed by atoms with van der Waals surface area (Å²) in [6.45, 7) is 2.66. The Hall–Kier alpha value is -3.28. The van der Waals surface area contributed by atoms with Crippen LogP contribution in [0.2, 0.25) is 0 Å². The third-order valence-corrected chi connectivity index (χ3v) is 6.29. The van der Waals surface area contributed by atoms with E-state index in [0.29, 0.717) is 24.0 Å². The van der Waals surface area contributed by atoms with E-state index in [1.165, 1.54) is 0 Å². The van der Waals surface area contributed by atoms with Gasteiger partial charge in [0.2, 0.25) is 5.91 Å². The predicted octanol–water partition coefficient (Wildman–Crippen LogP) is 3.53. The lowest BCUT2D eigenvalue weighted by atomic mass is 9.73. The number of carbonyl (C=O) groups is 2. The van der Waals surface area contributed by atoms with Crippen LogP contribution < -0.4 is 5.32 Å². The summed E-state index contributed by atoms with van der Waals surface area (Å²) in [7, 11) is 0. The third-order valence-electron chi connectivity index (χ3n) is 6.29. The van der Waals surface area contributed by atoms with Gasteiger partial charge in [-0.3, -0.25) is 19.6 Å². The molecule has 0 unspecified atom stereocenters. The van der Waals surface area contributed by atoms with Crippen molar-refractivity contribution in [1.82, 2.24) is 14.9 Å². The van der Waals surface area contributed by atoms with E-state index >= 15 is 0 Å². The normalized spacial score (nSPS) is 22.9. The maximum atomic E-state index is 13.5. The zero-order valence-electron chi connectivity index (χ0n) is 16.3. The molecule has 2 atom stereocenters. The van der Waals surface area contributed by atoms with E-state index in [9.17, 15) is 9.59 Å². The Morgan fingerprint density at radius 2 is 1.97 bits per heavy atom. The number of nitrogens with zero attached hydrogens (tertiary/aromatic N) is 3. The van der Waals surface area contributed by atoms with Crippen LogP contribution in [0.5, 0.6) is 0 Å². The van der Waals surface area contributed by atoms with Crippen LogP contribution in [0.4, 0.5) is 5.69 Å². The second kappa shape index (κ2) is 6.65. The first kappa shape index (κ1) is 17.8. The van der Waals surface area contributed by atoms with Gasteiger partial charge < -0.3 is 10.2 Å². The highest BCUT2D eigenvalue weighted by Gasteiger charge is 2.58. The van der Waals surface area contributed by atoms with E-state index in [2.05, 4.69) is 22.2 Å². The molecule has 0 radical (unpaired) electrons. The average Bonchev–Trinajstić information content (AvgIpc) is 3.27. The lowest BCUT2D eigenvalue weighted by Crippen LogP contribution is -2.48. The highest BCUT2D eigenvalue weighted by atomic mass is 16.2. The molecule has 1 N–H and O–H groups in total. The van der Waals surface area contributed by atoms with Crippen LogP contribution in [0, 0.1) is 0 Å². The van der Waals surface area contributed by atoms with E-state index in [-0.39, 0.29) is 17.9 Å². The number of hydrogen-bond donors (Lipinski definition) is 1. The van der Waals surface area contributed by atoms with Gasteiger partial charge in [0.05, 0.1) is 22.5 Å². The molecule has 5 rings (SSSR count). The first-order valence-electron chi connectivity index (χ1n) is 10.1. The van der Waals surface area contributed by atoms with Gasteiger partial charge in [-0.05, 0) is 42.7 Å². The van der Waals surface area contributed by atoms with Crippen molar-refractivity contribution in [2.75, 3.05) is 11.9 Å². The minimum atomic E-state index is -0.668. The van der Waals surface area contributed by atoms with Gasteiger partial charge in [-0.1, -0.05) is 31.5 Å². The molecule has 6 nitrogen and oxygen atoms in total. The van der Waals surface area contributed by atoms with Gasteiger partial charge in [-0.2, -0.15) is 0 Å². The first-order chi connectivity index (χ1) is 14.1. The average molecular weight is 386 g/mol. The number of nitrogens with one attached hydrogen (secondary N) is 1.